The summed E-state index contributed by atoms with van der Waals surface area (Å²) >= 11 is 1.94. The highest BCUT2D eigenvalue weighted by atomic mass is 32.2. The van der Waals surface area contributed by atoms with Crippen LogP contribution in [0, 0.1) is 0 Å². The van der Waals surface area contributed by atoms with E-state index >= 15 is 0 Å². The summed E-state index contributed by atoms with van der Waals surface area (Å²) in [6, 6.07) is 0. The standard InChI is InChI=1S/C9H13N3O2S/c1-14-9(13)8-7(10-12-11-8)6-2-4-15-5-3-6/h6H,2-5H2,1H3,(H,10,11,12). The van der Waals surface area contributed by atoms with Crippen molar-refractivity contribution in [2.24, 2.45) is 0 Å². The Balaban J connectivity index is 2.19. The van der Waals surface area contributed by atoms with Crippen molar-refractivity contribution in [1.82, 2.24) is 15.4 Å². The molecule has 0 atom stereocenters. The van der Waals surface area contributed by atoms with Gasteiger partial charge in [0, 0.05) is 5.92 Å². The van der Waals surface area contributed by atoms with Crippen LogP contribution in [-0.4, -0.2) is 40.0 Å². The Hall–Kier alpha value is -1.04. The minimum Gasteiger partial charge on any atom is -0.464 e. The molecule has 0 radical (unpaired) electrons. The van der Waals surface area contributed by atoms with Crippen LogP contribution in [-0.2, 0) is 4.74 Å². The number of nitrogens with one attached hydrogen (secondary N) is 1. The van der Waals surface area contributed by atoms with Gasteiger partial charge in [-0.2, -0.15) is 22.1 Å². The van der Waals surface area contributed by atoms with Crippen molar-refractivity contribution < 1.29 is 9.53 Å². The fourth-order valence-electron chi connectivity index (χ4n) is 1.74. The Morgan fingerprint density at radius 3 is 2.87 bits per heavy atom. The average molecular weight is 227 g/mol. The number of hydrogen-bond donors (Lipinski definition) is 1. The van der Waals surface area contributed by atoms with E-state index < -0.39 is 5.97 Å². The van der Waals surface area contributed by atoms with E-state index in [0.29, 0.717) is 11.6 Å². The molecule has 0 aromatic carbocycles. The Bertz CT molecular complexity index is 347. The molecular weight excluding hydrogens is 214 g/mol. The molecule has 5 nitrogen and oxygen atoms in total. The summed E-state index contributed by atoms with van der Waals surface area (Å²) in [6.07, 6.45) is 2.11. The average Bonchev–Trinajstić information content (AvgIpc) is 2.78. The number of esters is 1. The summed E-state index contributed by atoms with van der Waals surface area (Å²) < 4.78 is 4.66. The van der Waals surface area contributed by atoms with Crippen LogP contribution < -0.4 is 0 Å². The van der Waals surface area contributed by atoms with Crippen LogP contribution in [0.3, 0.4) is 0 Å². The van der Waals surface area contributed by atoms with Gasteiger partial charge in [0.2, 0.25) is 0 Å². The van der Waals surface area contributed by atoms with Crippen molar-refractivity contribution >= 4 is 17.7 Å². The van der Waals surface area contributed by atoms with E-state index in [2.05, 4.69) is 20.1 Å². The lowest BCUT2D eigenvalue weighted by Gasteiger charge is -2.19. The van der Waals surface area contributed by atoms with E-state index in [1.54, 1.807) is 0 Å². The number of rotatable bonds is 2. The van der Waals surface area contributed by atoms with Gasteiger partial charge in [-0.05, 0) is 24.3 Å². The molecule has 1 N–H and O–H groups in total. The molecule has 1 aliphatic heterocycles. The number of nitrogens with zero attached hydrogens (tertiary/aromatic N) is 2. The Morgan fingerprint density at radius 1 is 1.47 bits per heavy atom. The number of aromatic nitrogens is 3. The predicted octanol–water partition coefficient (Wildman–Crippen LogP) is 1.20. The first-order valence-corrected chi connectivity index (χ1v) is 6.05. The predicted molar refractivity (Wildman–Crippen MR) is 57.0 cm³/mol. The fraction of sp³-hybridized carbons (Fsp3) is 0.667. The first-order chi connectivity index (χ1) is 7.33. The lowest BCUT2D eigenvalue weighted by molar-refractivity contribution is 0.0592. The molecule has 2 heterocycles. The van der Waals surface area contributed by atoms with E-state index in [1.807, 2.05) is 11.8 Å². The molecule has 1 aliphatic rings. The minimum atomic E-state index is -0.406. The summed E-state index contributed by atoms with van der Waals surface area (Å²) in [5.74, 6) is 2.19. The second-order valence-corrected chi connectivity index (χ2v) is 4.66. The molecule has 0 spiro atoms. The highest BCUT2D eigenvalue weighted by Gasteiger charge is 2.25. The third-order valence-corrected chi connectivity index (χ3v) is 3.61. The van der Waals surface area contributed by atoms with Gasteiger partial charge in [0.15, 0.2) is 5.69 Å². The summed E-state index contributed by atoms with van der Waals surface area (Å²) in [6.45, 7) is 0. The molecular formula is C9H13N3O2S. The van der Waals surface area contributed by atoms with Crippen LogP contribution in [0.1, 0.15) is 34.9 Å². The summed E-state index contributed by atoms with van der Waals surface area (Å²) in [4.78, 5) is 11.4. The second-order valence-electron chi connectivity index (χ2n) is 3.44. The van der Waals surface area contributed by atoms with Gasteiger partial charge in [0.05, 0.1) is 7.11 Å². The number of aromatic amines is 1. The first-order valence-electron chi connectivity index (χ1n) is 4.89. The number of carbonyl (C=O) groups is 1. The maximum absolute atomic E-state index is 11.4. The molecule has 0 amide bonds. The molecule has 15 heavy (non-hydrogen) atoms. The first kappa shape index (κ1) is 10.5. The molecule has 1 aromatic rings. The van der Waals surface area contributed by atoms with Crippen molar-refractivity contribution in [2.75, 3.05) is 18.6 Å². The molecule has 0 bridgehead atoms. The van der Waals surface area contributed by atoms with E-state index in [9.17, 15) is 4.79 Å². The Morgan fingerprint density at radius 2 is 2.20 bits per heavy atom. The molecule has 2 rings (SSSR count). The van der Waals surface area contributed by atoms with Crippen molar-refractivity contribution in [1.29, 1.82) is 0 Å². The zero-order valence-corrected chi connectivity index (χ0v) is 9.34. The quantitative estimate of drug-likeness (QED) is 0.769. The molecule has 1 saturated heterocycles. The Kier molecular flexibility index (Phi) is 3.25. The van der Waals surface area contributed by atoms with Crippen molar-refractivity contribution in [3.63, 3.8) is 0 Å². The van der Waals surface area contributed by atoms with Gasteiger partial charge in [-0.3, -0.25) is 0 Å². The topological polar surface area (TPSA) is 67.9 Å². The number of methoxy groups -OCH3 is 1. The van der Waals surface area contributed by atoms with Crippen LogP contribution in [0.2, 0.25) is 0 Å². The molecule has 1 aromatic heterocycles. The van der Waals surface area contributed by atoms with Crippen molar-refractivity contribution in [3.8, 4) is 0 Å². The number of H-pyrrole nitrogens is 1. The van der Waals surface area contributed by atoms with Gasteiger partial charge in [-0.15, -0.1) is 5.10 Å². The third-order valence-electron chi connectivity index (χ3n) is 2.56. The van der Waals surface area contributed by atoms with Gasteiger partial charge < -0.3 is 4.74 Å². The van der Waals surface area contributed by atoms with Crippen molar-refractivity contribution in [3.05, 3.63) is 11.4 Å². The zero-order valence-electron chi connectivity index (χ0n) is 8.52. The fourth-order valence-corrected chi connectivity index (χ4v) is 2.85. The number of thioether (sulfide) groups is 1. The molecule has 82 valence electrons. The maximum Gasteiger partial charge on any atom is 0.360 e. The van der Waals surface area contributed by atoms with Crippen LogP contribution in [0.5, 0.6) is 0 Å². The van der Waals surface area contributed by atoms with Gasteiger partial charge in [-0.1, -0.05) is 0 Å². The maximum atomic E-state index is 11.4. The van der Waals surface area contributed by atoms with Gasteiger partial charge in [0.25, 0.3) is 0 Å². The highest BCUT2D eigenvalue weighted by molar-refractivity contribution is 7.99. The third kappa shape index (κ3) is 2.14. The monoisotopic (exact) mass is 227 g/mol. The molecule has 6 heteroatoms. The normalized spacial score (nSPS) is 17.7. The minimum absolute atomic E-state index is 0.342. The summed E-state index contributed by atoms with van der Waals surface area (Å²) in [5, 5.41) is 10.4. The highest BCUT2D eigenvalue weighted by Crippen LogP contribution is 2.31. The number of hydrogen-bond acceptors (Lipinski definition) is 5. The van der Waals surface area contributed by atoms with E-state index in [-0.39, 0.29) is 0 Å². The second kappa shape index (κ2) is 4.65. The zero-order chi connectivity index (χ0) is 10.7. The van der Waals surface area contributed by atoms with Gasteiger partial charge in [-0.25, -0.2) is 4.79 Å². The van der Waals surface area contributed by atoms with Crippen molar-refractivity contribution in [2.45, 2.75) is 18.8 Å². The molecule has 0 unspecified atom stereocenters. The number of ether oxygens (including phenoxy) is 1. The largest absolute Gasteiger partial charge is 0.464 e. The van der Waals surface area contributed by atoms with Gasteiger partial charge >= 0.3 is 5.97 Å². The van der Waals surface area contributed by atoms with E-state index in [0.717, 1.165) is 30.0 Å². The molecule has 0 saturated carbocycles. The van der Waals surface area contributed by atoms with E-state index in [1.165, 1.54) is 7.11 Å². The molecule has 0 aliphatic carbocycles. The van der Waals surface area contributed by atoms with Crippen LogP contribution >= 0.6 is 11.8 Å². The smallest absolute Gasteiger partial charge is 0.360 e. The summed E-state index contributed by atoms with van der Waals surface area (Å²) in [5.41, 5.74) is 1.11. The lowest BCUT2D eigenvalue weighted by atomic mass is 9.97. The number of carbonyl (C=O) groups excluding carboxylic acids is 1. The van der Waals surface area contributed by atoms with Crippen LogP contribution in [0.15, 0.2) is 0 Å². The Labute approximate surface area is 92.0 Å². The molecule has 1 fully saturated rings. The van der Waals surface area contributed by atoms with Gasteiger partial charge in [0.1, 0.15) is 5.69 Å². The SMILES string of the molecule is COC(=O)c1n[nH]nc1C1CCSCC1. The summed E-state index contributed by atoms with van der Waals surface area (Å²) in [7, 11) is 1.36. The van der Waals surface area contributed by atoms with E-state index in [4.69, 9.17) is 0 Å². The van der Waals surface area contributed by atoms with Crippen LogP contribution in [0.4, 0.5) is 0 Å². The lowest BCUT2D eigenvalue weighted by Crippen LogP contribution is -2.13. The van der Waals surface area contributed by atoms with Crippen LogP contribution in [0.25, 0.3) is 0 Å².